The van der Waals surface area contributed by atoms with E-state index in [1.54, 1.807) is 0 Å². The van der Waals surface area contributed by atoms with Gasteiger partial charge in [0.25, 0.3) is 0 Å². The van der Waals surface area contributed by atoms with Gasteiger partial charge in [-0.2, -0.15) is 0 Å². The third-order valence-electron chi connectivity index (χ3n) is 5.61. The van der Waals surface area contributed by atoms with Gasteiger partial charge in [0.2, 0.25) is 0 Å². The monoisotopic (exact) mass is 281 g/mol. The Kier molecular flexibility index (Phi) is 6.83. The standard InChI is InChI=1S/C18H35NO/c1-4-5-15-6-7-16(13-19-17-8-9-17)18(12-15)14(2)10-11-20-3/h14-19H,4-13H2,1-3H3. The van der Waals surface area contributed by atoms with Crippen LogP contribution < -0.4 is 5.32 Å². The minimum atomic E-state index is 0.820. The van der Waals surface area contributed by atoms with Crippen LogP contribution in [0.25, 0.3) is 0 Å². The van der Waals surface area contributed by atoms with Gasteiger partial charge in [-0.1, -0.05) is 33.1 Å². The van der Waals surface area contributed by atoms with Gasteiger partial charge in [-0.15, -0.1) is 0 Å². The number of hydrogen-bond donors (Lipinski definition) is 1. The molecule has 0 aromatic rings. The molecule has 2 saturated carbocycles. The first-order valence-electron chi connectivity index (χ1n) is 8.96. The van der Waals surface area contributed by atoms with Crippen LogP contribution in [0.4, 0.5) is 0 Å². The molecule has 0 heterocycles. The fourth-order valence-electron chi connectivity index (χ4n) is 4.10. The molecule has 0 aromatic heterocycles. The Hall–Kier alpha value is -0.0800. The van der Waals surface area contributed by atoms with Gasteiger partial charge in [-0.25, -0.2) is 0 Å². The van der Waals surface area contributed by atoms with Crippen molar-refractivity contribution in [3.05, 3.63) is 0 Å². The predicted molar refractivity (Wildman–Crippen MR) is 85.9 cm³/mol. The lowest BCUT2D eigenvalue weighted by Gasteiger charge is -2.40. The summed E-state index contributed by atoms with van der Waals surface area (Å²) < 4.78 is 5.31. The molecule has 0 saturated heterocycles. The van der Waals surface area contributed by atoms with Gasteiger partial charge in [-0.3, -0.25) is 0 Å². The van der Waals surface area contributed by atoms with Crippen molar-refractivity contribution in [2.24, 2.45) is 23.7 Å². The van der Waals surface area contributed by atoms with Gasteiger partial charge in [0, 0.05) is 19.8 Å². The second kappa shape index (κ2) is 8.38. The molecular formula is C18H35NO. The molecule has 0 bridgehead atoms. The van der Waals surface area contributed by atoms with Crippen molar-refractivity contribution in [3.8, 4) is 0 Å². The lowest BCUT2D eigenvalue weighted by atomic mass is 9.67. The summed E-state index contributed by atoms with van der Waals surface area (Å²) in [4.78, 5) is 0. The quantitative estimate of drug-likeness (QED) is 0.682. The Morgan fingerprint density at radius 2 is 2.00 bits per heavy atom. The lowest BCUT2D eigenvalue weighted by Crippen LogP contribution is -2.37. The van der Waals surface area contributed by atoms with Crippen LogP contribution >= 0.6 is 0 Å². The molecule has 2 aliphatic carbocycles. The van der Waals surface area contributed by atoms with E-state index in [1.807, 2.05) is 7.11 Å². The Morgan fingerprint density at radius 1 is 1.20 bits per heavy atom. The molecular weight excluding hydrogens is 246 g/mol. The van der Waals surface area contributed by atoms with E-state index in [4.69, 9.17) is 4.74 Å². The van der Waals surface area contributed by atoms with Gasteiger partial charge in [0.1, 0.15) is 0 Å². The van der Waals surface area contributed by atoms with E-state index in [2.05, 4.69) is 19.2 Å². The Balaban J connectivity index is 1.85. The van der Waals surface area contributed by atoms with Crippen LogP contribution in [-0.4, -0.2) is 26.3 Å². The zero-order valence-electron chi connectivity index (χ0n) is 13.9. The zero-order valence-corrected chi connectivity index (χ0v) is 13.9. The fraction of sp³-hybridized carbons (Fsp3) is 1.00. The van der Waals surface area contributed by atoms with E-state index >= 15 is 0 Å². The van der Waals surface area contributed by atoms with E-state index in [-0.39, 0.29) is 0 Å². The van der Waals surface area contributed by atoms with Gasteiger partial charge in [0.05, 0.1) is 0 Å². The van der Waals surface area contributed by atoms with Gasteiger partial charge < -0.3 is 10.1 Å². The molecule has 1 N–H and O–H groups in total. The topological polar surface area (TPSA) is 21.3 Å². The molecule has 0 aliphatic heterocycles. The van der Waals surface area contributed by atoms with Crippen molar-refractivity contribution in [1.82, 2.24) is 5.32 Å². The summed E-state index contributed by atoms with van der Waals surface area (Å²) in [5.74, 6) is 3.64. The SMILES string of the molecule is CCCC1CCC(CNC2CC2)C(C(C)CCOC)C1. The van der Waals surface area contributed by atoms with Crippen LogP contribution in [0.15, 0.2) is 0 Å². The van der Waals surface area contributed by atoms with Crippen LogP contribution in [0.5, 0.6) is 0 Å². The molecule has 118 valence electrons. The Labute approximate surface area is 126 Å². The highest BCUT2D eigenvalue weighted by atomic mass is 16.5. The number of nitrogens with one attached hydrogen (secondary N) is 1. The van der Waals surface area contributed by atoms with E-state index in [0.29, 0.717) is 0 Å². The van der Waals surface area contributed by atoms with Crippen molar-refractivity contribution in [1.29, 1.82) is 0 Å². The van der Waals surface area contributed by atoms with Gasteiger partial charge in [-0.05, 0) is 62.3 Å². The molecule has 4 atom stereocenters. The molecule has 0 radical (unpaired) electrons. The fourth-order valence-corrected chi connectivity index (χ4v) is 4.10. The van der Waals surface area contributed by atoms with Gasteiger partial charge in [0.15, 0.2) is 0 Å². The molecule has 2 nitrogen and oxygen atoms in total. The minimum absolute atomic E-state index is 0.820. The summed E-state index contributed by atoms with van der Waals surface area (Å²) in [6.07, 6.45) is 11.2. The van der Waals surface area contributed by atoms with Crippen molar-refractivity contribution < 1.29 is 4.74 Å². The molecule has 2 fully saturated rings. The first-order chi connectivity index (χ1) is 9.74. The average Bonchev–Trinajstić information content (AvgIpc) is 3.27. The lowest BCUT2D eigenvalue weighted by molar-refractivity contribution is 0.0939. The van der Waals surface area contributed by atoms with Crippen molar-refractivity contribution in [2.45, 2.75) is 71.3 Å². The van der Waals surface area contributed by atoms with E-state index in [1.165, 1.54) is 57.9 Å². The first-order valence-corrected chi connectivity index (χ1v) is 8.96. The maximum Gasteiger partial charge on any atom is 0.0464 e. The third kappa shape index (κ3) is 5.04. The van der Waals surface area contributed by atoms with Crippen molar-refractivity contribution >= 4 is 0 Å². The predicted octanol–water partition coefficient (Wildman–Crippen LogP) is 4.24. The highest BCUT2D eigenvalue weighted by Crippen LogP contribution is 2.41. The summed E-state index contributed by atoms with van der Waals surface area (Å²) in [5.41, 5.74) is 0. The smallest absolute Gasteiger partial charge is 0.0464 e. The number of hydrogen-bond acceptors (Lipinski definition) is 2. The molecule has 2 heteroatoms. The maximum atomic E-state index is 5.31. The summed E-state index contributed by atoms with van der Waals surface area (Å²) in [6, 6.07) is 0.860. The second-order valence-electron chi connectivity index (χ2n) is 7.33. The van der Waals surface area contributed by atoms with Crippen molar-refractivity contribution in [2.75, 3.05) is 20.3 Å². The largest absolute Gasteiger partial charge is 0.385 e. The number of ether oxygens (including phenoxy) is 1. The molecule has 0 aromatic carbocycles. The van der Waals surface area contributed by atoms with E-state index in [9.17, 15) is 0 Å². The molecule has 20 heavy (non-hydrogen) atoms. The third-order valence-corrected chi connectivity index (χ3v) is 5.61. The summed E-state index contributed by atoms with van der Waals surface area (Å²) in [6.45, 7) is 7.00. The Bertz CT molecular complexity index is 264. The maximum absolute atomic E-state index is 5.31. The molecule has 4 unspecified atom stereocenters. The number of rotatable bonds is 9. The Morgan fingerprint density at radius 3 is 2.65 bits per heavy atom. The highest BCUT2D eigenvalue weighted by Gasteiger charge is 2.34. The molecule has 0 amide bonds. The zero-order chi connectivity index (χ0) is 14.4. The van der Waals surface area contributed by atoms with Crippen LogP contribution in [0.3, 0.4) is 0 Å². The minimum Gasteiger partial charge on any atom is -0.385 e. The van der Waals surface area contributed by atoms with Crippen LogP contribution in [0, 0.1) is 23.7 Å². The number of methoxy groups -OCH3 is 1. The summed E-state index contributed by atoms with van der Waals surface area (Å²) >= 11 is 0. The summed E-state index contributed by atoms with van der Waals surface area (Å²) in [5, 5.41) is 3.78. The average molecular weight is 281 g/mol. The second-order valence-corrected chi connectivity index (χ2v) is 7.33. The molecule has 0 spiro atoms. The molecule has 2 aliphatic rings. The van der Waals surface area contributed by atoms with Gasteiger partial charge >= 0.3 is 0 Å². The highest BCUT2D eigenvalue weighted by molar-refractivity contribution is 4.87. The normalized spacial score (nSPS) is 32.2. The van der Waals surface area contributed by atoms with Crippen molar-refractivity contribution in [3.63, 3.8) is 0 Å². The van der Waals surface area contributed by atoms with Crippen LogP contribution in [-0.2, 0) is 4.74 Å². The van der Waals surface area contributed by atoms with Crippen LogP contribution in [0.2, 0.25) is 0 Å². The molecule has 2 rings (SSSR count). The first kappa shape index (κ1) is 16.3. The van der Waals surface area contributed by atoms with E-state index in [0.717, 1.165) is 36.3 Å². The van der Waals surface area contributed by atoms with E-state index < -0.39 is 0 Å². The van der Waals surface area contributed by atoms with Crippen LogP contribution in [0.1, 0.15) is 65.2 Å². The summed E-state index contributed by atoms with van der Waals surface area (Å²) in [7, 11) is 1.83.